The Hall–Kier alpha value is -1.44. The number of alkyl halides is 6. The third-order valence-corrected chi connectivity index (χ3v) is 2.26. The third kappa shape index (κ3) is 2.69. The number of benzene rings is 1. The van der Waals surface area contributed by atoms with Crippen molar-refractivity contribution in [1.82, 2.24) is 0 Å². The predicted molar refractivity (Wildman–Crippen MR) is 50.9 cm³/mol. The maximum Gasteiger partial charge on any atom is 0.420 e. The van der Waals surface area contributed by atoms with Crippen molar-refractivity contribution in [2.24, 2.45) is 5.73 Å². The highest BCUT2D eigenvalue weighted by Gasteiger charge is 2.47. The fraction of sp³-hybridized carbons (Fsp3) is 0.400. The van der Waals surface area contributed by atoms with Gasteiger partial charge in [-0.15, -0.1) is 0 Å². The highest BCUT2D eigenvalue weighted by Crippen LogP contribution is 2.46. The van der Waals surface area contributed by atoms with Gasteiger partial charge in [-0.05, 0) is 11.6 Å². The maximum absolute atomic E-state index is 12.7. The Balaban J connectivity index is 3.71. The monoisotopic (exact) mass is 273 g/mol. The summed E-state index contributed by atoms with van der Waals surface area (Å²) < 4.78 is 80.7. The first kappa shape index (κ1) is 14.6. The molecule has 2 nitrogen and oxygen atoms in total. The van der Waals surface area contributed by atoms with E-state index in [1.54, 1.807) is 0 Å². The first-order valence-corrected chi connectivity index (χ1v) is 4.67. The Morgan fingerprint density at radius 1 is 1.00 bits per heavy atom. The second-order valence-corrected chi connectivity index (χ2v) is 3.38. The summed E-state index contributed by atoms with van der Waals surface area (Å²) in [7, 11) is 0.868. The summed E-state index contributed by atoms with van der Waals surface area (Å²) in [6.45, 7) is -0.651. The molecule has 8 heteroatoms. The molecule has 2 N–H and O–H groups in total. The van der Waals surface area contributed by atoms with E-state index in [1.165, 1.54) is 0 Å². The van der Waals surface area contributed by atoms with Crippen LogP contribution in [0.1, 0.15) is 16.7 Å². The lowest BCUT2D eigenvalue weighted by Crippen LogP contribution is -2.21. The van der Waals surface area contributed by atoms with E-state index < -0.39 is 41.3 Å². The summed E-state index contributed by atoms with van der Waals surface area (Å²) in [6, 6.07) is 1.69. The Labute approximate surface area is 98.3 Å². The maximum atomic E-state index is 12.7. The highest BCUT2D eigenvalue weighted by atomic mass is 19.4. The average molecular weight is 273 g/mol. The molecular weight excluding hydrogens is 264 g/mol. The smallest absolute Gasteiger partial charge is 0.420 e. The summed E-state index contributed by atoms with van der Waals surface area (Å²) in [5.41, 5.74) is 0.772. The van der Waals surface area contributed by atoms with E-state index in [-0.39, 0.29) is 0 Å². The van der Waals surface area contributed by atoms with Crippen molar-refractivity contribution >= 4 is 0 Å². The van der Waals surface area contributed by atoms with Crippen LogP contribution >= 0.6 is 0 Å². The van der Waals surface area contributed by atoms with Crippen LogP contribution < -0.4 is 10.5 Å². The van der Waals surface area contributed by atoms with Crippen molar-refractivity contribution in [3.8, 4) is 5.75 Å². The van der Waals surface area contributed by atoms with E-state index in [2.05, 4.69) is 4.74 Å². The van der Waals surface area contributed by atoms with Gasteiger partial charge in [0.2, 0.25) is 0 Å². The number of hydrogen-bond acceptors (Lipinski definition) is 2. The van der Waals surface area contributed by atoms with Crippen molar-refractivity contribution in [1.29, 1.82) is 0 Å². The molecule has 1 aromatic carbocycles. The zero-order chi connectivity index (χ0) is 14.1. The molecule has 102 valence electrons. The fourth-order valence-corrected chi connectivity index (χ4v) is 1.57. The second-order valence-electron chi connectivity index (χ2n) is 3.38. The Morgan fingerprint density at radius 2 is 1.50 bits per heavy atom. The van der Waals surface area contributed by atoms with Crippen LogP contribution in [0.2, 0.25) is 0 Å². The summed E-state index contributed by atoms with van der Waals surface area (Å²) in [5, 5.41) is 0. The lowest BCUT2D eigenvalue weighted by molar-refractivity contribution is -0.163. The number of methoxy groups -OCH3 is 1. The van der Waals surface area contributed by atoms with E-state index >= 15 is 0 Å². The van der Waals surface area contributed by atoms with Crippen LogP contribution in [0.4, 0.5) is 26.3 Å². The van der Waals surface area contributed by atoms with Crippen LogP contribution in [-0.2, 0) is 18.9 Å². The van der Waals surface area contributed by atoms with Crippen molar-refractivity contribution in [3.63, 3.8) is 0 Å². The van der Waals surface area contributed by atoms with Gasteiger partial charge in [0.15, 0.2) is 0 Å². The van der Waals surface area contributed by atoms with Crippen LogP contribution in [0.5, 0.6) is 5.75 Å². The molecule has 0 unspecified atom stereocenters. The van der Waals surface area contributed by atoms with Gasteiger partial charge in [0.05, 0.1) is 12.7 Å². The van der Waals surface area contributed by atoms with Crippen LogP contribution in [0, 0.1) is 0 Å². The molecule has 0 atom stereocenters. The molecule has 0 radical (unpaired) electrons. The van der Waals surface area contributed by atoms with Gasteiger partial charge >= 0.3 is 12.4 Å². The SMILES string of the molecule is COc1ccc(CN)c(C(F)(F)F)c1C(F)(F)F. The fourth-order valence-electron chi connectivity index (χ4n) is 1.57. The standard InChI is InChI=1S/C10H9F6NO/c1-18-6-3-2-5(4-17)7(9(11,12)13)8(6)10(14,15)16/h2-3H,4,17H2,1H3. The number of nitrogens with two attached hydrogens (primary N) is 1. The van der Waals surface area contributed by atoms with E-state index in [1.807, 2.05) is 0 Å². The van der Waals surface area contributed by atoms with E-state index in [0.717, 1.165) is 19.2 Å². The average Bonchev–Trinajstić information content (AvgIpc) is 2.24. The quantitative estimate of drug-likeness (QED) is 0.840. The molecule has 0 bridgehead atoms. The third-order valence-electron chi connectivity index (χ3n) is 2.26. The van der Waals surface area contributed by atoms with E-state index in [9.17, 15) is 26.3 Å². The molecule has 0 aromatic heterocycles. The molecule has 0 heterocycles. The minimum absolute atomic E-state index is 0.629. The molecule has 0 saturated heterocycles. The number of hydrogen-bond donors (Lipinski definition) is 1. The number of ether oxygens (including phenoxy) is 1. The topological polar surface area (TPSA) is 35.2 Å². The summed E-state index contributed by atoms with van der Waals surface area (Å²) in [6.07, 6.45) is -10.3. The Morgan fingerprint density at radius 3 is 1.83 bits per heavy atom. The van der Waals surface area contributed by atoms with Gasteiger partial charge in [0, 0.05) is 6.54 Å². The molecule has 1 aromatic rings. The van der Waals surface area contributed by atoms with Crippen LogP contribution in [0.3, 0.4) is 0 Å². The van der Waals surface area contributed by atoms with E-state index in [0.29, 0.717) is 0 Å². The minimum atomic E-state index is -5.18. The lowest BCUT2D eigenvalue weighted by atomic mass is 9.98. The van der Waals surface area contributed by atoms with Gasteiger partial charge in [0.25, 0.3) is 0 Å². The normalized spacial score (nSPS) is 12.7. The Kier molecular flexibility index (Phi) is 3.80. The molecule has 0 fully saturated rings. The summed E-state index contributed by atoms with van der Waals surface area (Å²) >= 11 is 0. The van der Waals surface area contributed by atoms with Crippen molar-refractivity contribution in [3.05, 3.63) is 28.8 Å². The molecule has 0 aliphatic heterocycles. The van der Waals surface area contributed by atoms with Crippen molar-refractivity contribution in [2.45, 2.75) is 18.9 Å². The highest BCUT2D eigenvalue weighted by molar-refractivity contribution is 5.48. The van der Waals surface area contributed by atoms with Crippen molar-refractivity contribution in [2.75, 3.05) is 7.11 Å². The first-order chi connectivity index (χ1) is 8.12. The molecule has 0 amide bonds. The zero-order valence-corrected chi connectivity index (χ0v) is 9.12. The number of halogens is 6. The molecule has 18 heavy (non-hydrogen) atoms. The molecule has 0 spiro atoms. The van der Waals surface area contributed by atoms with Crippen molar-refractivity contribution < 1.29 is 31.1 Å². The van der Waals surface area contributed by atoms with Gasteiger partial charge < -0.3 is 10.5 Å². The lowest BCUT2D eigenvalue weighted by Gasteiger charge is -2.21. The van der Waals surface area contributed by atoms with Gasteiger partial charge in [-0.1, -0.05) is 6.07 Å². The Bertz CT molecular complexity index is 396. The van der Waals surface area contributed by atoms with Gasteiger partial charge in [0.1, 0.15) is 11.3 Å². The summed E-state index contributed by atoms with van der Waals surface area (Å²) in [5.74, 6) is -0.882. The first-order valence-electron chi connectivity index (χ1n) is 4.67. The zero-order valence-electron chi connectivity index (χ0n) is 9.12. The molecule has 0 saturated carbocycles. The second kappa shape index (κ2) is 4.68. The molecule has 1 rings (SSSR count). The molecular formula is C10H9F6NO. The van der Waals surface area contributed by atoms with Crippen LogP contribution in [0.25, 0.3) is 0 Å². The van der Waals surface area contributed by atoms with Gasteiger partial charge in [-0.25, -0.2) is 0 Å². The van der Waals surface area contributed by atoms with E-state index in [4.69, 9.17) is 5.73 Å². The molecule has 0 aliphatic rings. The van der Waals surface area contributed by atoms with Gasteiger partial charge in [-0.3, -0.25) is 0 Å². The summed E-state index contributed by atoms with van der Waals surface area (Å²) in [4.78, 5) is 0. The molecule has 0 aliphatic carbocycles. The predicted octanol–water partition coefficient (Wildman–Crippen LogP) is 3.19. The van der Waals surface area contributed by atoms with Crippen LogP contribution in [-0.4, -0.2) is 7.11 Å². The largest absolute Gasteiger partial charge is 0.496 e. The minimum Gasteiger partial charge on any atom is -0.496 e. The number of rotatable bonds is 2. The van der Waals surface area contributed by atoms with Gasteiger partial charge in [-0.2, -0.15) is 26.3 Å². The van der Waals surface area contributed by atoms with Crippen LogP contribution in [0.15, 0.2) is 12.1 Å².